The molecule has 0 aliphatic heterocycles. The summed E-state index contributed by atoms with van der Waals surface area (Å²) in [4.78, 5) is 4.38. The quantitative estimate of drug-likeness (QED) is 0.929. The minimum absolute atomic E-state index is 0.0108. The van der Waals surface area contributed by atoms with E-state index in [9.17, 15) is 13.9 Å². The highest BCUT2D eigenvalue weighted by atomic mass is 32.1. The number of aliphatic hydroxyl groups is 1. The van der Waals surface area contributed by atoms with Gasteiger partial charge in [0, 0.05) is 17.2 Å². The molecule has 0 bridgehead atoms. The molecule has 2 aromatic rings. The molecule has 108 valence electrons. The number of nitrogens with zero attached hydrogens (tertiary/aromatic N) is 1. The van der Waals surface area contributed by atoms with Gasteiger partial charge in [-0.05, 0) is 23.8 Å². The Balaban J connectivity index is 2.18. The number of thiazole rings is 1. The van der Waals surface area contributed by atoms with Crippen LogP contribution in [0.4, 0.5) is 8.78 Å². The molecule has 1 aromatic heterocycles. The molecule has 2 nitrogen and oxygen atoms in total. The van der Waals surface area contributed by atoms with Crippen molar-refractivity contribution in [1.82, 2.24) is 4.98 Å². The van der Waals surface area contributed by atoms with Crippen molar-refractivity contribution in [2.75, 3.05) is 0 Å². The molecule has 0 fully saturated rings. The Hall–Kier alpha value is -1.33. The molecule has 1 N–H and O–H groups in total. The Morgan fingerprint density at radius 3 is 2.60 bits per heavy atom. The highest BCUT2D eigenvalue weighted by molar-refractivity contribution is 7.09. The molecule has 0 aliphatic rings. The molecule has 1 aromatic carbocycles. The molecule has 2 rings (SSSR count). The van der Waals surface area contributed by atoms with Crippen LogP contribution in [0, 0.1) is 11.6 Å². The van der Waals surface area contributed by atoms with Crippen LogP contribution in [0.5, 0.6) is 0 Å². The molecule has 0 amide bonds. The van der Waals surface area contributed by atoms with Crippen molar-refractivity contribution in [3.8, 4) is 0 Å². The number of hydrogen-bond acceptors (Lipinski definition) is 3. The van der Waals surface area contributed by atoms with Gasteiger partial charge in [0.15, 0.2) is 0 Å². The maximum atomic E-state index is 13.5. The van der Waals surface area contributed by atoms with Gasteiger partial charge in [-0.1, -0.05) is 20.8 Å². The Bertz CT molecular complexity index is 604. The predicted octanol–water partition coefficient (Wildman–Crippen LogP) is 3.99. The fourth-order valence-electron chi connectivity index (χ4n) is 1.80. The van der Waals surface area contributed by atoms with Crippen LogP contribution in [-0.2, 0) is 11.8 Å². The molecule has 1 unspecified atom stereocenters. The van der Waals surface area contributed by atoms with E-state index in [4.69, 9.17) is 0 Å². The molecule has 1 atom stereocenters. The largest absolute Gasteiger partial charge is 0.386 e. The lowest BCUT2D eigenvalue weighted by Gasteiger charge is -2.14. The fraction of sp³-hybridized carbons (Fsp3) is 0.400. The van der Waals surface area contributed by atoms with Gasteiger partial charge in [-0.25, -0.2) is 13.8 Å². The van der Waals surface area contributed by atoms with Crippen LogP contribution in [-0.4, -0.2) is 10.1 Å². The fourth-order valence-corrected chi connectivity index (χ4v) is 2.75. The van der Waals surface area contributed by atoms with Crippen LogP contribution in [0.25, 0.3) is 0 Å². The summed E-state index contributed by atoms with van der Waals surface area (Å²) in [5, 5.41) is 12.8. The number of rotatable bonds is 3. The summed E-state index contributed by atoms with van der Waals surface area (Å²) in [6.45, 7) is 6.11. The van der Waals surface area contributed by atoms with E-state index in [1.165, 1.54) is 11.3 Å². The zero-order chi connectivity index (χ0) is 14.9. The van der Waals surface area contributed by atoms with Crippen molar-refractivity contribution >= 4 is 11.3 Å². The van der Waals surface area contributed by atoms with Crippen LogP contribution in [0.15, 0.2) is 23.6 Å². The lowest BCUT2D eigenvalue weighted by molar-refractivity contribution is 0.172. The summed E-state index contributed by atoms with van der Waals surface area (Å²) < 4.78 is 26.6. The zero-order valence-corrected chi connectivity index (χ0v) is 12.5. The first kappa shape index (κ1) is 15.1. The minimum atomic E-state index is -0.932. The summed E-state index contributed by atoms with van der Waals surface area (Å²) in [7, 11) is 0. The van der Waals surface area contributed by atoms with E-state index in [0.717, 1.165) is 23.2 Å². The van der Waals surface area contributed by atoms with Crippen molar-refractivity contribution in [3.05, 3.63) is 51.5 Å². The Morgan fingerprint density at radius 2 is 2.00 bits per heavy atom. The third-order valence-electron chi connectivity index (χ3n) is 2.93. The zero-order valence-electron chi connectivity index (χ0n) is 11.7. The van der Waals surface area contributed by atoms with E-state index in [1.54, 1.807) is 5.38 Å². The molecule has 1 heterocycles. The average Bonchev–Trinajstić information content (AvgIpc) is 2.83. The van der Waals surface area contributed by atoms with E-state index >= 15 is 0 Å². The van der Waals surface area contributed by atoms with Gasteiger partial charge in [0.05, 0.1) is 10.7 Å². The van der Waals surface area contributed by atoms with Crippen LogP contribution >= 0.6 is 11.3 Å². The SMILES string of the molecule is CC(C)(C)c1nc(C(O)Cc2cc(F)ccc2F)cs1. The maximum absolute atomic E-state index is 13.5. The van der Waals surface area contributed by atoms with Gasteiger partial charge in [0.25, 0.3) is 0 Å². The van der Waals surface area contributed by atoms with Gasteiger partial charge in [-0.15, -0.1) is 11.3 Å². The van der Waals surface area contributed by atoms with Gasteiger partial charge in [0.1, 0.15) is 17.7 Å². The Labute approximate surface area is 121 Å². The van der Waals surface area contributed by atoms with Crippen molar-refractivity contribution < 1.29 is 13.9 Å². The molecule has 0 saturated carbocycles. The summed E-state index contributed by atoms with van der Waals surface area (Å²) in [6.07, 6.45) is -0.921. The standard InChI is InChI=1S/C15H17F2NOS/c1-15(2,3)14-18-12(8-20-14)13(19)7-9-6-10(16)4-5-11(9)17/h4-6,8,13,19H,7H2,1-3H3. The molecule has 0 aliphatic carbocycles. The highest BCUT2D eigenvalue weighted by Gasteiger charge is 2.21. The molecular formula is C15H17F2NOS. The van der Waals surface area contributed by atoms with Crippen LogP contribution in [0.1, 0.15) is 43.1 Å². The first-order valence-electron chi connectivity index (χ1n) is 6.35. The lowest BCUT2D eigenvalue weighted by atomic mass is 9.98. The minimum Gasteiger partial charge on any atom is -0.386 e. The van der Waals surface area contributed by atoms with E-state index in [1.807, 2.05) is 20.8 Å². The smallest absolute Gasteiger partial charge is 0.126 e. The van der Waals surface area contributed by atoms with Crippen molar-refractivity contribution in [1.29, 1.82) is 0 Å². The summed E-state index contributed by atoms with van der Waals surface area (Å²) in [5.74, 6) is -1.03. The van der Waals surface area contributed by atoms with Crippen molar-refractivity contribution in [2.45, 2.75) is 38.7 Å². The highest BCUT2D eigenvalue weighted by Crippen LogP contribution is 2.29. The third-order valence-corrected chi connectivity index (χ3v) is 4.21. The first-order valence-corrected chi connectivity index (χ1v) is 7.23. The second kappa shape index (κ2) is 5.58. The van der Waals surface area contributed by atoms with Gasteiger partial charge >= 0.3 is 0 Å². The van der Waals surface area contributed by atoms with Gasteiger partial charge in [0.2, 0.25) is 0 Å². The van der Waals surface area contributed by atoms with E-state index in [-0.39, 0.29) is 17.4 Å². The van der Waals surface area contributed by atoms with Crippen LogP contribution in [0.3, 0.4) is 0 Å². The molecule has 0 radical (unpaired) electrons. The second-order valence-corrected chi connectivity index (χ2v) is 6.64. The number of aromatic nitrogens is 1. The van der Waals surface area contributed by atoms with Crippen molar-refractivity contribution in [2.24, 2.45) is 0 Å². The normalized spacial score (nSPS) is 13.5. The van der Waals surface area contributed by atoms with Gasteiger partial charge < -0.3 is 5.11 Å². The summed E-state index contributed by atoms with van der Waals surface area (Å²) >= 11 is 1.46. The number of hydrogen-bond donors (Lipinski definition) is 1. The number of aliphatic hydroxyl groups excluding tert-OH is 1. The van der Waals surface area contributed by atoms with Gasteiger partial charge in [-0.2, -0.15) is 0 Å². The van der Waals surface area contributed by atoms with E-state index in [2.05, 4.69) is 4.98 Å². The Morgan fingerprint density at radius 1 is 1.30 bits per heavy atom. The molecule has 5 heteroatoms. The molecule has 0 saturated heterocycles. The molecule has 20 heavy (non-hydrogen) atoms. The third kappa shape index (κ3) is 3.41. The van der Waals surface area contributed by atoms with Crippen LogP contribution in [0.2, 0.25) is 0 Å². The first-order chi connectivity index (χ1) is 9.27. The topological polar surface area (TPSA) is 33.1 Å². The number of benzene rings is 1. The van der Waals surface area contributed by atoms with E-state index in [0.29, 0.717) is 5.69 Å². The number of halogens is 2. The van der Waals surface area contributed by atoms with E-state index < -0.39 is 17.7 Å². The van der Waals surface area contributed by atoms with Crippen molar-refractivity contribution in [3.63, 3.8) is 0 Å². The average molecular weight is 297 g/mol. The predicted molar refractivity (Wildman–Crippen MR) is 75.8 cm³/mol. The summed E-state index contributed by atoms with van der Waals surface area (Å²) in [5.41, 5.74) is 0.568. The monoisotopic (exact) mass is 297 g/mol. The van der Waals surface area contributed by atoms with Crippen LogP contribution < -0.4 is 0 Å². The maximum Gasteiger partial charge on any atom is 0.126 e. The lowest BCUT2D eigenvalue weighted by Crippen LogP contribution is -2.11. The molecular weight excluding hydrogens is 280 g/mol. The second-order valence-electron chi connectivity index (χ2n) is 5.78. The summed E-state index contributed by atoms with van der Waals surface area (Å²) in [6, 6.07) is 3.24. The van der Waals surface area contributed by atoms with Gasteiger partial charge in [-0.3, -0.25) is 0 Å². The molecule has 0 spiro atoms. The Kier molecular flexibility index (Phi) is 4.20.